The summed E-state index contributed by atoms with van der Waals surface area (Å²) in [6.07, 6.45) is 1.14. The lowest BCUT2D eigenvalue weighted by Gasteiger charge is -2.29. The average Bonchev–Trinajstić information content (AvgIpc) is 2.62. The summed E-state index contributed by atoms with van der Waals surface area (Å²) in [4.78, 5) is 59.2. The summed E-state index contributed by atoms with van der Waals surface area (Å²) in [6, 6.07) is -0.675. The molecule has 11 heteroatoms. The van der Waals surface area contributed by atoms with Crippen molar-refractivity contribution < 1.29 is 24.0 Å². The van der Waals surface area contributed by atoms with Gasteiger partial charge in [-0.1, -0.05) is 0 Å². The monoisotopic (exact) mass is 386 g/mol. The van der Waals surface area contributed by atoms with Crippen molar-refractivity contribution in [2.75, 3.05) is 40.8 Å². The molecule has 0 aliphatic heterocycles. The Hall–Kier alpha value is -2.69. The molecule has 0 heterocycles. The standard InChI is InChI=1S/C16H30N6O5/c1-18-14(25)9-22(10-15(26)19-2)11(16(27)20-3)6-4-5-7-21-13(24)8-12(17)23/h11H,4-10H2,1-3H3,(H2,17,23)(H,18,25)(H,19,26)(H,20,27)(H,21,24)/t11-/m0/s1. The van der Waals surface area contributed by atoms with Crippen LogP contribution in [0.4, 0.5) is 0 Å². The third kappa shape index (κ3) is 10.8. The molecule has 11 nitrogen and oxygen atoms in total. The van der Waals surface area contributed by atoms with E-state index in [0.29, 0.717) is 25.8 Å². The number of unbranched alkanes of at least 4 members (excludes halogenated alkanes) is 1. The largest absolute Gasteiger partial charge is 0.369 e. The summed E-state index contributed by atoms with van der Waals surface area (Å²) >= 11 is 0. The summed E-state index contributed by atoms with van der Waals surface area (Å²) in [7, 11) is 4.44. The third-order valence-electron chi connectivity index (χ3n) is 3.80. The molecule has 0 unspecified atom stereocenters. The van der Waals surface area contributed by atoms with Gasteiger partial charge in [-0.15, -0.1) is 0 Å². The average molecular weight is 386 g/mol. The molecule has 27 heavy (non-hydrogen) atoms. The first-order valence-corrected chi connectivity index (χ1v) is 8.66. The lowest BCUT2D eigenvalue weighted by atomic mass is 10.1. The van der Waals surface area contributed by atoms with Crippen molar-refractivity contribution in [1.29, 1.82) is 0 Å². The molecule has 0 rings (SSSR count). The number of hydrogen-bond acceptors (Lipinski definition) is 6. The zero-order valence-electron chi connectivity index (χ0n) is 16.1. The van der Waals surface area contributed by atoms with E-state index in [1.807, 2.05) is 0 Å². The first kappa shape index (κ1) is 24.3. The van der Waals surface area contributed by atoms with Crippen molar-refractivity contribution >= 4 is 29.5 Å². The van der Waals surface area contributed by atoms with Gasteiger partial charge in [-0.2, -0.15) is 0 Å². The van der Waals surface area contributed by atoms with E-state index in [2.05, 4.69) is 21.3 Å². The fraction of sp³-hybridized carbons (Fsp3) is 0.688. The summed E-state index contributed by atoms with van der Waals surface area (Å²) in [5.74, 6) is -2.09. The highest BCUT2D eigenvalue weighted by molar-refractivity contribution is 5.96. The second-order valence-electron chi connectivity index (χ2n) is 5.87. The fourth-order valence-corrected chi connectivity index (χ4v) is 2.36. The molecule has 0 spiro atoms. The van der Waals surface area contributed by atoms with E-state index in [-0.39, 0.29) is 37.2 Å². The number of hydrogen-bond donors (Lipinski definition) is 5. The minimum Gasteiger partial charge on any atom is -0.369 e. The Morgan fingerprint density at radius 3 is 1.85 bits per heavy atom. The first-order valence-electron chi connectivity index (χ1n) is 8.66. The van der Waals surface area contributed by atoms with Crippen LogP contribution in [0.1, 0.15) is 25.7 Å². The lowest BCUT2D eigenvalue weighted by Crippen LogP contribution is -2.52. The van der Waals surface area contributed by atoms with Crippen molar-refractivity contribution in [1.82, 2.24) is 26.2 Å². The molecule has 0 fully saturated rings. The minimum absolute atomic E-state index is 0.0998. The Morgan fingerprint density at radius 1 is 0.852 bits per heavy atom. The normalized spacial score (nSPS) is 11.4. The molecular formula is C16H30N6O5. The molecule has 0 aromatic rings. The Bertz CT molecular complexity index is 521. The SMILES string of the molecule is CNC(=O)CN(CC(=O)NC)[C@@H](CCCCNC(=O)CC(N)=O)C(=O)NC. The molecule has 0 aliphatic carbocycles. The molecule has 154 valence electrons. The highest BCUT2D eigenvalue weighted by Crippen LogP contribution is 2.09. The highest BCUT2D eigenvalue weighted by atomic mass is 16.2. The molecule has 0 radical (unpaired) electrons. The van der Waals surface area contributed by atoms with Crippen LogP contribution in [0.5, 0.6) is 0 Å². The molecule has 5 amide bonds. The van der Waals surface area contributed by atoms with Crippen molar-refractivity contribution in [3.63, 3.8) is 0 Å². The fourth-order valence-electron chi connectivity index (χ4n) is 2.36. The van der Waals surface area contributed by atoms with Gasteiger partial charge in [0, 0.05) is 27.7 Å². The zero-order valence-corrected chi connectivity index (χ0v) is 16.1. The predicted octanol–water partition coefficient (Wildman–Crippen LogP) is -2.94. The second-order valence-corrected chi connectivity index (χ2v) is 5.87. The Balaban J connectivity index is 4.77. The Labute approximate surface area is 158 Å². The van der Waals surface area contributed by atoms with Crippen LogP contribution >= 0.6 is 0 Å². The number of carbonyl (C=O) groups is 5. The quantitative estimate of drug-likeness (QED) is 0.168. The van der Waals surface area contributed by atoms with Crippen LogP contribution in [0.15, 0.2) is 0 Å². The number of likely N-dealkylation sites (N-methyl/N-ethyl adjacent to an activating group) is 3. The maximum absolute atomic E-state index is 12.2. The maximum Gasteiger partial charge on any atom is 0.237 e. The third-order valence-corrected chi connectivity index (χ3v) is 3.80. The second kappa shape index (κ2) is 13.5. The van der Waals surface area contributed by atoms with E-state index >= 15 is 0 Å². The number of nitrogens with one attached hydrogen (secondary N) is 4. The highest BCUT2D eigenvalue weighted by Gasteiger charge is 2.27. The summed E-state index contributed by atoms with van der Waals surface area (Å²) in [5, 5.41) is 10.1. The van der Waals surface area contributed by atoms with Crippen LogP contribution in [0.3, 0.4) is 0 Å². The zero-order chi connectivity index (χ0) is 20.8. The molecule has 0 aromatic carbocycles. The van der Waals surface area contributed by atoms with Gasteiger partial charge in [0.25, 0.3) is 0 Å². The van der Waals surface area contributed by atoms with Crippen LogP contribution < -0.4 is 27.0 Å². The van der Waals surface area contributed by atoms with Gasteiger partial charge in [0.15, 0.2) is 0 Å². The van der Waals surface area contributed by atoms with E-state index in [4.69, 9.17) is 5.73 Å². The molecule has 0 bridgehead atoms. The Morgan fingerprint density at radius 2 is 1.41 bits per heavy atom. The van der Waals surface area contributed by atoms with Gasteiger partial charge in [-0.3, -0.25) is 28.9 Å². The maximum atomic E-state index is 12.2. The summed E-state index contributed by atoms with van der Waals surface area (Å²) in [5.41, 5.74) is 4.93. The first-order chi connectivity index (χ1) is 12.7. The topological polar surface area (TPSA) is 163 Å². The molecule has 1 atom stereocenters. The van der Waals surface area contributed by atoms with Crippen LogP contribution in [0.2, 0.25) is 0 Å². The molecular weight excluding hydrogens is 356 g/mol. The van der Waals surface area contributed by atoms with Gasteiger partial charge >= 0.3 is 0 Å². The minimum atomic E-state index is -0.703. The van der Waals surface area contributed by atoms with E-state index in [9.17, 15) is 24.0 Å². The van der Waals surface area contributed by atoms with Crippen molar-refractivity contribution in [3.8, 4) is 0 Å². The molecule has 6 N–H and O–H groups in total. The molecule has 0 aromatic heterocycles. The van der Waals surface area contributed by atoms with Crippen molar-refractivity contribution in [2.24, 2.45) is 5.73 Å². The summed E-state index contributed by atoms with van der Waals surface area (Å²) < 4.78 is 0. The number of nitrogens with two attached hydrogens (primary N) is 1. The van der Waals surface area contributed by atoms with Crippen molar-refractivity contribution in [2.45, 2.75) is 31.7 Å². The van der Waals surface area contributed by atoms with Gasteiger partial charge in [0.05, 0.1) is 19.1 Å². The number of amides is 5. The van der Waals surface area contributed by atoms with E-state index in [1.54, 1.807) is 0 Å². The lowest BCUT2D eigenvalue weighted by molar-refractivity contribution is -0.132. The van der Waals surface area contributed by atoms with Gasteiger partial charge in [0.2, 0.25) is 29.5 Å². The summed E-state index contributed by atoms with van der Waals surface area (Å²) in [6.45, 7) is 0.131. The number of rotatable bonds is 13. The van der Waals surface area contributed by atoms with Gasteiger partial charge in [-0.25, -0.2) is 0 Å². The number of primary amides is 1. The number of nitrogens with zero attached hydrogens (tertiary/aromatic N) is 1. The van der Waals surface area contributed by atoms with E-state index in [1.165, 1.54) is 26.0 Å². The van der Waals surface area contributed by atoms with Crippen LogP contribution in [0.25, 0.3) is 0 Å². The molecule has 0 saturated heterocycles. The number of carbonyl (C=O) groups excluding carboxylic acids is 5. The molecule has 0 saturated carbocycles. The van der Waals surface area contributed by atoms with E-state index in [0.717, 1.165) is 0 Å². The van der Waals surface area contributed by atoms with Crippen LogP contribution in [-0.2, 0) is 24.0 Å². The van der Waals surface area contributed by atoms with Crippen LogP contribution in [-0.4, -0.2) is 81.3 Å². The van der Waals surface area contributed by atoms with Gasteiger partial charge in [-0.05, 0) is 19.3 Å². The van der Waals surface area contributed by atoms with E-state index < -0.39 is 17.9 Å². The molecule has 0 aliphatic rings. The van der Waals surface area contributed by atoms with Gasteiger partial charge in [0.1, 0.15) is 6.42 Å². The smallest absolute Gasteiger partial charge is 0.237 e. The van der Waals surface area contributed by atoms with Crippen LogP contribution in [0, 0.1) is 0 Å². The Kier molecular flexibility index (Phi) is 12.2. The predicted molar refractivity (Wildman–Crippen MR) is 98.2 cm³/mol. The van der Waals surface area contributed by atoms with Gasteiger partial charge < -0.3 is 27.0 Å². The van der Waals surface area contributed by atoms with Crippen molar-refractivity contribution in [3.05, 3.63) is 0 Å².